The number of carboxylic acids is 1. The predicted octanol–water partition coefficient (Wildman–Crippen LogP) is 0.619. The summed E-state index contributed by atoms with van der Waals surface area (Å²) in [6.45, 7) is 0.881. The lowest BCUT2D eigenvalue weighted by atomic mass is 10.2. The van der Waals surface area contributed by atoms with Crippen LogP contribution in [0, 0.1) is 0 Å². The van der Waals surface area contributed by atoms with Gasteiger partial charge in [-0.2, -0.15) is 0 Å². The zero-order chi connectivity index (χ0) is 15.6. The molecule has 2 aromatic heterocycles. The van der Waals surface area contributed by atoms with Crippen LogP contribution in [0.15, 0.2) is 48.4 Å². The minimum Gasteiger partial charge on any atom is -0.550 e. The van der Waals surface area contributed by atoms with E-state index in [4.69, 9.17) is 4.84 Å². The van der Waals surface area contributed by atoms with E-state index in [-0.39, 0.29) is 6.42 Å². The summed E-state index contributed by atoms with van der Waals surface area (Å²) in [4.78, 5) is 23.7. The van der Waals surface area contributed by atoms with Gasteiger partial charge in [0.15, 0.2) is 0 Å². The van der Waals surface area contributed by atoms with Crippen molar-refractivity contribution in [2.24, 2.45) is 5.16 Å². The second-order valence-corrected chi connectivity index (χ2v) is 4.68. The van der Waals surface area contributed by atoms with Crippen LogP contribution in [0.4, 0.5) is 0 Å². The summed E-state index contributed by atoms with van der Waals surface area (Å²) in [5, 5.41) is 14.5. The van der Waals surface area contributed by atoms with Crippen LogP contribution in [0.2, 0.25) is 0 Å². The van der Waals surface area contributed by atoms with Crippen molar-refractivity contribution in [3.8, 4) is 0 Å². The van der Waals surface area contributed by atoms with Gasteiger partial charge in [0.25, 0.3) is 0 Å². The quantitative estimate of drug-likeness (QED) is 0.384. The molecule has 0 aromatic carbocycles. The largest absolute Gasteiger partial charge is 0.550 e. The maximum absolute atomic E-state index is 10.3. The van der Waals surface area contributed by atoms with Gasteiger partial charge in [-0.05, 0) is 31.4 Å². The number of aliphatic carboxylic acids is 1. The van der Waals surface area contributed by atoms with E-state index in [2.05, 4.69) is 15.1 Å². The Kier molecular flexibility index (Phi) is 6.10. The molecule has 0 aliphatic heterocycles. The molecule has 2 rings (SSSR count). The van der Waals surface area contributed by atoms with Crippen LogP contribution in [0.5, 0.6) is 0 Å². The van der Waals surface area contributed by atoms with Crippen molar-refractivity contribution >= 4 is 11.7 Å². The number of carbonyl (C=O) groups is 1. The maximum Gasteiger partial charge on any atom is 0.117 e. The second-order valence-electron chi connectivity index (χ2n) is 4.68. The highest BCUT2D eigenvalue weighted by molar-refractivity contribution is 5.99. The molecular formula is C15H17N4O3-. The van der Waals surface area contributed by atoms with E-state index < -0.39 is 5.97 Å². The number of oxime groups is 1. The zero-order valence-corrected chi connectivity index (χ0v) is 12.1. The highest BCUT2D eigenvalue weighted by Crippen LogP contribution is 2.04. The summed E-state index contributed by atoms with van der Waals surface area (Å²) in [5.74, 6) is -1.04. The van der Waals surface area contributed by atoms with E-state index in [1.807, 2.05) is 22.9 Å². The van der Waals surface area contributed by atoms with Gasteiger partial charge in [-0.3, -0.25) is 4.98 Å². The molecule has 2 aromatic rings. The first-order valence-electron chi connectivity index (χ1n) is 7.00. The van der Waals surface area contributed by atoms with Gasteiger partial charge in [0.05, 0.1) is 12.9 Å². The predicted molar refractivity (Wildman–Crippen MR) is 77.8 cm³/mol. The van der Waals surface area contributed by atoms with Gasteiger partial charge in [-0.15, -0.1) is 0 Å². The molecule has 0 saturated heterocycles. The summed E-state index contributed by atoms with van der Waals surface area (Å²) in [5.41, 5.74) is 1.59. The minimum absolute atomic E-state index is 0.0393. The molecule has 0 atom stereocenters. The summed E-state index contributed by atoms with van der Waals surface area (Å²) < 4.78 is 1.88. The minimum atomic E-state index is -1.04. The number of carboxylic acid groups (broad SMARTS) is 1. The van der Waals surface area contributed by atoms with Crippen molar-refractivity contribution in [1.29, 1.82) is 0 Å². The Labute approximate surface area is 128 Å². The Morgan fingerprint density at radius 1 is 1.32 bits per heavy atom. The van der Waals surface area contributed by atoms with Gasteiger partial charge in [0.2, 0.25) is 0 Å². The maximum atomic E-state index is 10.3. The van der Waals surface area contributed by atoms with Crippen LogP contribution < -0.4 is 5.11 Å². The van der Waals surface area contributed by atoms with E-state index >= 15 is 0 Å². The highest BCUT2D eigenvalue weighted by Gasteiger charge is 2.06. The van der Waals surface area contributed by atoms with E-state index in [1.54, 1.807) is 24.9 Å². The number of imidazole rings is 1. The van der Waals surface area contributed by atoms with Crippen molar-refractivity contribution in [2.75, 3.05) is 6.61 Å². The molecule has 0 fully saturated rings. The summed E-state index contributed by atoms with van der Waals surface area (Å²) in [7, 11) is 0. The van der Waals surface area contributed by atoms with Crippen LogP contribution in [-0.2, 0) is 16.2 Å². The zero-order valence-electron chi connectivity index (χ0n) is 12.1. The van der Waals surface area contributed by atoms with Gasteiger partial charge in [0.1, 0.15) is 12.3 Å². The van der Waals surface area contributed by atoms with E-state index in [9.17, 15) is 9.90 Å². The third kappa shape index (κ3) is 5.35. The molecule has 0 radical (unpaired) electrons. The van der Waals surface area contributed by atoms with Crippen LogP contribution in [0.25, 0.3) is 0 Å². The Morgan fingerprint density at radius 3 is 2.91 bits per heavy atom. The van der Waals surface area contributed by atoms with E-state index in [0.29, 0.717) is 26.0 Å². The number of pyridine rings is 1. The van der Waals surface area contributed by atoms with Crippen molar-refractivity contribution in [3.05, 3.63) is 48.8 Å². The number of unbranched alkanes of at least 4 members (excludes halogenated alkanes) is 1. The normalized spacial score (nSPS) is 11.4. The van der Waals surface area contributed by atoms with Crippen molar-refractivity contribution in [2.45, 2.75) is 25.8 Å². The van der Waals surface area contributed by atoms with Gasteiger partial charge in [0, 0.05) is 36.3 Å². The summed E-state index contributed by atoms with van der Waals surface area (Å²) in [6.07, 6.45) is 9.82. The molecule has 7 heteroatoms. The SMILES string of the molecule is O=C([O-])CCCCO/N=C(\Cn1ccnc1)c1cccnc1. The molecule has 116 valence electrons. The third-order valence-electron chi connectivity index (χ3n) is 2.93. The van der Waals surface area contributed by atoms with Crippen molar-refractivity contribution in [1.82, 2.24) is 14.5 Å². The smallest absolute Gasteiger partial charge is 0.117 e. The molecule has 0 spiro atoms. The van der Waals surface area contributed by atoms with Crippen LogP contribution >= 0.6 is 0 Å². The fraction of sp³-hybridized carbons (Fsp3) is 0.333. The van der Waals surface area contributed by atoms with Crippen LogP contribution in [0.3, 0.4) is 0 Å². The molecule has 0 bridgehead atoms. The average Bonchev–Trinajstić information content (AvgIpc) is 3.03. The van der Waals surface area contributed by atoms with Gasteiger partial charge < -0.3 is 19.3 Å². The number of aromatic nitrogens is 3. The first kappa shape index (κ1) is 15.7. The topological polar surface area (TPSA) is 92.4 Å². The molecular weight excluding hydrogens is 284 g/mol. The number of nitrogens with zero attached hydrogens (tertiary/aromatic N) is 4. The molecule has 0 N–H and O–H groups in total. The third-order valence-corrected chi connectivity index (χ3v) is 2.93. The first-order valence-corrected chi connectivity index (χ1v) is 7.00. The van der Waals surface area contributed by atoms with Gasteiger partial charge in [-0.1, -0.05) is 5.16 Å². The number of rotatable bonds is 9. The average molecular weight is 301 g/mol. The lowest BCUT2D eigenvalue weighted by molar-refractivity contribution is -0.305. The molecule has 0 saturated carbocycles. The Hall–Kier alpha value is -2.70. The number of carbonyl (C=O) groups excluding carboxylic acids is 1. The summed E-state index contributed by atoms with van der Waals surface area (Å²) >= 11 is 0. The summed E-state index contributed by atoms with van der Waals surface area (Å²) in [6, 6.07) is 3.74. The van der Waals surface area contributed by atoms with Gasteiger partial charge >= 0.3 is 0 Å². The molecule has 0 amide bonds. The Bertz CT molecular complexity index is 597. The second kappa shape index (κ2) is 8.56. The van der Waals surface area contributed by atoms with Crippen LogP contribution in [0.1, 0.15) is 24.8 Å². The van der Waals surface area contributed by atoms with Crippen molar-refractivity contribution in [3.63, 3.8) is 0 Å². The molecule has 0 aliphatic carbocycles. The molecule has 0 unspecified atom stereocenters. The molecule has 0 aliphatic rings. The fourth-order valence-corrected chi connectivity index (χ4v) is 1.82. The number of hydrogen-bond acceptors (Lipinski definition) is 6. The fourth-order valence-electron chi connectivity index (χ4n) is 1.82. The molecule has 7 nitrogen and oxygen atoms in total. The monoisotopic (exact) mass is 301 g/mol. The van der Waals surface area contributed by atoms with Crippen molar-refractivity contribution < 1.29 is 14.7 Å². The lowest BCUT2D eigenvalue weighted by Crippen LogP contribution is -2.21. The first-order chi connectivity index (χ1) is 10.8. The van der Waals surface area contributed by atoms with E-state index in [1.165, 1.54) is 0 Å². The highest BCUT2D eigenvalue weighted by atomic mass is 16.6. The van der Waals surface area contributed by atoms with Crippen LogP contribution in [-0.4, -0.2) is 32.8 Å². The Morgan fingerprint density at radius 2 is 2.23 bits per heavy atom. The molecule has 2 heterocycles. The Balaban J connectivity index is 1.92. The number of hydrogen-bond donors (Lipinski definition) is 0. The van der Waals surface area contributed by atoms with Gasteiger partial charge in [-0.25, -0.2) is 4.98 Å². The lowest BCUT2D eigenvalue weighted by Gasteiger charge is -2.08. The molecule has 22 heavy (non-hydrogen) atoms. The van der Waals surface area contributed by atoms with E-state index in [0.717, 1.165) is 11.3 Å². The standard InChI is InChI=1S/C15H18N4O3/c20-15(21)5-1-2-9-22-18-14(11-19-8-7-17-12-19)13-4-3-6-16-10-13/h3-4,6-8,10,12H,1-2,5,9,11H2,(H,20,21)/p-1/b18-14+.